The number of nitrogens with one attached hydrogen (secondary N) is 1. The number of H-pyrrole nitrogens is 1. The van der Waals surface area contributed by atoms with Crippen molar-refractivity contribution in [2.24, 2.45) is 0 Å². The third-order valence-electron chi connectivity index (χ3n) is 4.63. The highest BCUT2D eigenvalue weighted by Gasteiger charge is 2.17. The first-order valence-corrected chi connectivity index (χ1v) is 8.33. The third-order valence-corrected chi connectivity index (χ3v) is 4.63. The number of aromatic amines is 1. The van der Waals surface area contributed by atoms with Crippen LogP contribution >= 0.6 is 0 Å². The highest BCUT2D eigenvalue weighted by molar-refractivity contribution is 5.80. The van der Waals surface area contributed by atoms with E-state index < -0.39 is 0 Å². The molecule has 0 spiro atoms. The molecule has 1 aliphatic rings. The zero-order valence-electron chi connectivity index (χ0n) is 13.3. The van der Waals surface area contributed by atoms with Crippen LogP contribution in [0.25, 0.3) is 10.9 Å². The number of rotatable bonds is 4. The molecule has 3 heterocycles. The van der Waals surface area contributed by atoms with E-state index in [1.54, 1.807) is 0 Å². The molecule has 1 aliphatic heterocycles. The standard InChI is InChI=1S/C19H22N4/c1-2-6-18-16(5-1)15-17(21-18)8-10-22-11-13-23(14-12-22)19-7-3-4-9-20-19/h1-7,9,15,21H,8,10-14H2. The van der Waals surface area contributed by atoms with Crippen molar-refractivity contribution in [2.45, 2.75) is 6.42 Å². The fourth-order valence-corrected chi connectivity index (χ4v) is 3.29. The van der Waals surface area contributed by atoms with Gasteiger partial charge in [0.15, 0.2) is 0 Å². The van der Waals surface area contributed by atoms with Crippen LogP contribution in [0.1, 0.15) is 5.69 Å². The molecule has 3 aromatic rings. The van der Waals surface area contributed by atoms with Crippen LogP contribution in [0.5, 0.6) is 0 Å². The Morgan fingerprint density at radius 1 is 0.957 bits per heavy atom. The number of benzene rings is 1. The molecule has 0 aliphatic carbocycles. The van der Waals surface area contributed by atoms with Gasteiger partial charge in [0, 0.05) is 56.6 Å². The van der Waals surface area contributed by atoms with Crippen LogP contribution in [-0.2, 0) is 6.42 Å². The molecule has 0 atom stereocenters. The quantitative estimate of drug-likeness (QED) is 0.805. The monoisotopic (exact) mass is 306 g/mol. The van der Waals surface area contributed by atoms with Crippen LogP contribution < -0.4 is 4.90 Å². The summed E-state index contributed by atoms with van der Waals surface area (Å²) in [6.07, 6.45) is 2.95. The van der Waals surface area contributed by atoms with E-state index in [4.69, 9.17) is 0 Å². The molecular weight excluding hydrogens is 284 g/mol. The Balaban J connectivity index is 1.31. The van der Waals surface area contributed by atoms with E-state index in [1.807, 2.05) is 12.3 Å². The first-order chi connectivity index (χ1) is 11.4. The van der Waals surface area contributed by atoms with E-state index in [2.05, 4.69) is 62.2 Å². The van der Waals surface area contributed by atoms with Crippen molar-refractivity contribution in [1.82, 2.24) is 14.9 Å². The van der Waals surface area contributed by atoms with Gasteiger partial charge >= 0.3 is 0 Å². The van der Waals surface area contributed by atoms with Crippen LogP contribution in [0.4, 0.5) is 5.82 Å². The molecule has 1 aromatic carbocycles. The second-order valence-corrected chi connectivity index (χ2v) is 6.15. The van der Waals surface area contributed by atoms with Gasteiger partial charge < -0.3 is 9.88 Å². The molecule has 4 nitrogen and oxygen atoms in total. The summed E-state index contributed by atoms with van der Waals surface area (Å²) < 4.78 is 0. The van der Waals surface area contributed by atoms with Crippen LogP contribution in [-0.4, -0.2) is 47.6 Å². The van der Waals surface area contributed by atoms with Crippen molar-refractivity contribution in [3.05, 3.63) is 60.4 Å². The maximum atomic E-state index is 4.45. The maximum absolute atomic E-state index is 4.45. The lowest BCUT2D eigenvalue weighted by molar-refractivity contribution is 0.260. The van der Waals surface area contributed by atoms with Crippen molar-refractivity contribution in [2.75, 3.05) is 37.6 Å². The Morgan fingerprint density at radius 2 is 1.78 bits per heavy atom. The maximum Gasteiger partial charge on any atom is 0.128 e. The van der Waals surface area contributed by atoms with E-state index in [0.29, 0.717) is 0 Å². The number of fused-ring (bicyclic) bond motifs is 1. The summed E-state index contributed by atoms with van der Waals surface area (Å²) in [5.74, 6) is 1.10. The van der Waals surface area contributed by atoms with Gasteiger partial charge in [-0.1, -0.05) is 24.3 Å². The average molecular weight is 306 g/mol. The van der Waals surface area contributed by atoms with Crippen LogP contribution in [0, 0.1) is 0 Å². The zero-order chi connectivity index (χ0) is 15.5. The average Bonchev–Trinajstić information content (AvgIpc) is 3.04. The largest absolute Gasteiger partial charge is 0.358 e. The minimum atomic E-state index is 1.06. The molecule has 1 N–H and O–H groups in total. The van der Waals surface area contributed by atoms with Crippen molar-refractivity contribution < 1.29 is 0 Å². The van der Waals surface area contributed by atoms with Crippen LogP contribution in [0.15, 0.2) is 54.7 Å². The van der Waals surface area contributed by atoms with Gasteiger partial charge in [-0.05, 0) is 29.7 Å². The van der Waals surface area contributed by atoms with Gasteiger partial charge in [-0.25, -0.2) is 4.98 Å². The molecule has 0 radical (unpaired) electrons. The molecule has 0 saturated carbocycles. The number of pyridine rings is 1. The van der Waals surface area contributed by atoms with Gasteiger partial charge in [0.25, 0.3) is 0 Å². The molecule has 118 valence electrons. The lowest BCUT2D eigenvalue weighted by Gasteiger charge is -2.35. The lowest BCUT2D eigenvalue weighted by atomic mass is 10.2. The molecular formula is C19H22N4. The number of nitrogens with zero attached hydrogens (tertiary/aromatic N) is 3. The highest BCUT2D eigenvalue weighted by atomic mass is 15.3. The minimum absolute atomic E-state index is 1.06. The number of anilines is 1. The summed E-state index contributed by atoms with van der Waals surface area (Å²) in [6.45, 7) is 5.45. The fourth-order valence-electron chi connectivity index (χ4n) is 3.29. The molecule has 1 saturated heterocycles. The van der Waals surface area contributed by atoms with E-state index in [9.17, 15) is 0 Å². The Labute approximate surface area is 136 Å². The number of piperazine rings is 1. The Bertz CT molecular complexity index is 724. The van der Waals surface area contributed by atoms with E-state index in [0.717, 1.165) is 45.0 Å². The van der Waals surface area contributed by atoms with Gasteiger partial charge in [-0.15, -0.1) is 0 Å². The number of hydrogen-bond donors (Lipinski definition) is 1. The second-order valence-electron chi connectivity index (χ2n) is 6.15. The summed E-state index contributed by atoms with van der Waals surface area (Å²) in [5, 5.41) is 1.31. The Hall–Kier alpha value is -2.33. The van der Waals surface area contributed by atoms with Crippen molar-refractivity contribution in [1.29, 1.82) is 0 Å². The van der Waals surface area contributed by atoms with Gasteiger partial charge in [-0.3, -0.25) is 4.90 Å². The van der Waals surface area contributed by atoms with Gasteiger partial charge in [0.1, 0.15) is 5.82 Å². The third kappa shape index (κ3) is 3.22. The minimum Gasteiger partial charge on any atom is -0.358 e. The van der Waals surface area contributed by atoms with Crippen molar-refractivity contribution in [3.63, 3.8) is 0 Å². The summed E-state index contributed by atoms with van der Waals surface area (Å²) in [5.41, 5.74) is 2.57. The summed E-state index contributed by atoms with van der Waals surface area (Å²) >= 11 is 0. The molecule has 23 heavy (non-hydrogen) atoms. The van der Waals surface area contributed by atoms with E-state index in [1.165, 1.54) is 16.6 Å². The molecule has 0 bridgehead atoms. The smallest absolute Gasteiger partial charge is 0.128 e. The number of para-hydroxylation sites is 1. The molecule has 1 fully saturated rings. The number of hydrogen-bond acceptors (Lipinski definition) is 3. The lowest BCUT2D eigenvalue weighted by Crippen LogP contribution is -2.47. The highest BCUT2D eigenvalue weighted by Crippen LogP contribution is 2.16. The number of aromatic nitrogens is 2. The van der Waals surface area contributed by atoms with E-state index in [-0.39, 0.29) is 0 Å². The Kier molecular flexibility index (Phi) is 3.99. The fraction of sp³-hybridized carbons (Fsp3) is 0.316. The Morgan fingerprint density at radius 3 is 2.57 bits per heavy atom. The predicted octanol–water partition coefficient (Wildman–Crippen LogP) is 2.93. The molecule has 0 unspecified atom stereocenters. The molecule has 0 amide bonds. The molecule has 4 rings (SSSR count). The zero-order valence-corrected chi connectivity index (χ0v) is 13.3. The van der Waals surface area contributed by atoms with Crippen molar-refractivity contribution in [3.8, 4) is 0 Å². The van der Waals surface area contributed by atoms with Crippen LogP contribution in [0.3, 0.4) is 0 Å². The first kappa shape index (κ1) is 14.3. The molecule has 2 aromatic heterocycles. The van der Waals surface area contributed by atoms with Gasteiger partial charge in [0.2, 0.25) is 0 Å². The normalized spacial score (nSPS) is 16.1. The van der Waals surface area contributed by atoms with Crippen LogP contribution in [0.2, 0.25) is 0 Å². The summed E-state index contributed by atoms with van der Waals surface area (Å²) in [4.78, 5) is 12.9. The van der Waals surface area contributed by atoms with Gasteiger partial charge in [-0.2, -0.15) is 0 Å². The van der Waals surface area contributed by atoms with Crippen molar-refractivity contribution >= 4 is 16.7 Å². The molecule has 4 heteroatoms. The van der Waals surface area contributed by atoms with Gasteiger partial charge in [0.05, 0.1) is 0 Å². The summed E-state index contributed by atoms with van der Waals surface area (Å²) in [6, 6.07) is 16.9. The predicted molar refractivity (Wildman–Crippen MR) is 94.9 cm³/mol. The second kappa shape index (κ2) is 6.42. The first-order valence-electron chi connectivity index (χ1n) is 8.33. The SMILES string of the molecule is c1ccc(N2CCN(CCc3cc4ccccc4[nH]3)CC2)nc1. The van der Waals surface area contributed by atoms with E-state index >= 15 is 0 Å². The topological polar surface area (TPSA) is 35.2 Å². The summed E-state index contributed by atoms with van der Waals surface area (Å²) in [7, 11) is 0.